The van der Waals surface area contributed by atoms with E-state index in [0.717, 1.165) is 38.5 Å². The van der Waals surface area contributed by atoms with E-state index in [1.165, 1.54) is 29.0 Å². The summed E-state index contributed by atoms with van der Waals surface area (Å²) in [7, 11) is 0. The van der Waals surface area contributed by atoms with Crippen molar-refractivity contribution >= 4 is 29.5 Å². The smallest absolute Gasteiger partial charge is 0.420 e. The summed E-state index contributed by atoms with van der Waals surface area (Å²) in [5.74, 6) is -0.542. The van der Waals surface area contributed by atoms with E-state index in [1.807, 2.05) is 12.1 Å². The predicted molar refractivity (Wildman–Crippen MR) is 149 cm³/mol. The summed E-state index contributed by atoms with van der Waals surface area (Å²) in [5.41, 5.74) is 2.04. The highest BCUT2D eigenvalue weighted by Crippen LogP contribution is 2.29. The van der Waals surface area contributed by atoms with Gasteiger partial charge in [-0.15, -0.1) is 5.10 Å². The second kappa shape index (κ2) is 12.3. The zero-order valence-corrected chi connectivity index (χ0v) is 22.3. The number of anilines is 1. The lowest BCUT2D eigenvalue weighted by atomic mass is 10.1. The number of oxazole rings is 1. The van der Waals surface area contributed by atoms with Crippen LogP contribution >= 0.6 is 0 Å². The fourth-order valence-electron chi connectivity index (χ4n) is 4.66. The topological polar surface area (TPSA) is 101 Å². The van der Waals surface area contributed by atoms with E-state index in [4.69, 9.17) is 9.15 Å². The standard InChI is InChI=1S/C28H28F3N7O3/c1-3-36-8-10-37(11-9-36)26-7-5-18(14-34-26)21-12-24-23(13-22(21)29)38(28(39)41-24)16-20-6-4-19(15-33-20)27(35-32-2)40-17-25(30)31/h4-7,12-15,25H,2-3,8-11,16-17H2,1H3/b35-27-. The summed E-state index contributed by atoms with van der Waals surface area (Å²) in [6.45, 7) is 9.19. The summed E-state index contributed by atoms with van der Waals surface area (Å²) in [5, 5.41) is 6.95. The number of hydrogen-bond donors (Lipinski definition) is 0. The molecule has 5 rings (SSSR count). The van der Waals surface area contributed by atoms with Gasteiger partial charge in [0.25, 0.3) is 6.43 Å². The Bertz CT molecular complexity index is 1590. The molecule has 0 radical (unpaired) electrons. The van der Waals surface area contributed by atoms with Gasteiger partial charge in [0.05, 0.1) is 23.3 Å². The van der Waals surface area contributed by atoms with Gasteiger partial charge >= 0.3 is 5.76 Å². The summed E-state index contributed by atoms with van der Waals surface area (Å²) < 4.78 is 52.0. The molecule has 0 aliphatic carbocycles. The fourth-order valence-corrected chi connectivity index (χ4v) is 4.66. The number of hydrogen-bond acceptors (Lipinski definition) is 9. The van der Waals surface area contributed by atoms with Crippen LogP contribution in [0.25, 0.3) is 22.2 Å². The number of ether oxygens (including phenoxy) is 1. The van der Waals surface area contributed by atoms with Crippen LogP contribution in [0.2, 0.25) is 0 Å². The molecule has 0 amide bonds. The number of pyridine rings is 2. The van der Waals surface area contributed by atoms with E-state index < -0.39 is 24.6 Å². The van der Waals surface area contributed by atoms with E-state index >= 15 is 4.39 Å². The molecule has 0 spiro atoms. The molecule has 0 unspecified atom stereocenters. The molecular weight excluding hydrogens is 539 g/mol. The summed E-state index contributed by atoms with van der Waals surface area (Å²) >= 11 is 0. The number of benzene rings is 1. The average molecular weight is 568 g/mol. The monoisotopic (exact) mass is 567 g/mol. The van der Waals surface area contributed by atoms with Crippen LogP contribution in [0.5, 0.6) is 0 Å². The maximum absolute atomic E-state index is 15.3. The van der Waals surface area contributed by atoms with Gasteiger partial charge in [-0.3, -0.25) is 9.55 Å². The Morgan fingerprint density at radius 2 is 1.93 bits per heavy atom. The predicted octanol–water partition coefficient (Wildman–Crippen LogP) is 4.02. The number of piperazine rings is 1. The maximum atomic E-state index is 15.3. The molecular formula is C28H28F3N7O3. The Morgan fingerprint density at radius 3 is 2.56 bits per heavy atom. The zero-order valence-electron chi connectivity index (χ0n) is 22.3. The van der Waals surface area contributed by atoms with E-state index in [2.05, 4.69) is 43.6 Å². The number of fused-ring (bicyclic) bond motifs is 1. The quantitative estimate of drug-likeness (QED) is 0.171. The minimum Gasteiger partial charge on any atom is -0.470 e. The summed E-state index contributed by atoms with van der Waals surface area (Å²) in [4.78, 5) is 26.1. The molecule has 0 saturated carbocycles. The molecule has 4 aromatic rings. The lowest BCUT2D eigenvalue weighted by molar-refractivity contribution is 0.0765. The van der Waals surface area contributed by atoms with Crippen LogP contribution in [0.4, 0.5) is 19.0 Å². The van der Waals surface area contributed by atoms with Gasteiger partial charge < -0.3 is 19.0 Å². The molecule has 0 N–H and O–H groups in total. The molecule has 0 atom stereocenters. The molecule has 1 aliphatic rings. The molecule has 1 aromatic carbocycles. The van der Waals surface area contributed by atoms with Crippen molar-refractivity contribution in [2.45, 2.75) is 19.9 Å². The van der Waals surface area contributed by atoms with Crippen molar-refractivity contribution in [2.75, 3.05) is 44.2 Å². The lowest BCUT2D eigenvalue weighted by Gasteiger charge is -2.34. The van der Waals surface area contributed by atoms with E-state index in [-0.39, 0.29) is 29.1 Å². The number of aromatic nitrogens is 3. The van der Waals surface area contributed by atoms with Crippen LogP contribution < -0.4 is 10.7 Å². The van der Waals surface area contributed by atoms with Crippen molar-refractivity contribution in [3.8, 4) is 11.1 Å². The normalized spacial score (nSPS) is 14.7. The van der Waals surface area contributed by atoms with Crippen molar-refractivity contribution in [2.24, 2.45) is 10.2 Å². The number of likely N-dealkylation sites (N-methyl/N-ethyl adjacent to an activating group) is 1. The average Bonchev–Trinajstić information content (AvgIpc) is 3.28. The van der Waals surface area contributed by atoms with E-state index in [1.54, 1.807) is 12.3 Å². The Morgan fingerprint density at radius 1 is 1.12 bits per heavy atom. The van der Waals surface area contributed by atoms with Gasteiger partial charge in [0.2, 0.25) is 5.90 Å². The van der Waals surface area contributed by atoms with Crippen molar-refractivity contribution in [1.29, 1.82) is 0 Å². The largest absolute Gasteiger partial charge is 0.470 e. The highest BCUT2D eigenvalue weighted by molar-refractivity contribution is 5.93. The van der Waals surface area contributed by atoms with Gasteiger partial charge in [0, 0.05) is 62.5 Å². The van der Waals surface area contributed by atoms with Crippen LogP contribution in [0.15, 0.2) is 68.2 Å². The molecule has 13 heteroatoms. The van der Waals surface area contributed by atoms with E-state index in [9.17, 15) is 13.6 Å². The SMILES string of the molecule is C=N/N=C(\OCC(F)F)c1ccc(Cn2c(=O)oc3cc(-c4ccc(N5CCN(CC)CC5)nc4)c(F)cc32)nc1. The molecule has 1 aliphatic heterocycles. The van der Waals surface area contributed by atoms with E-state index in [0.29, 0.717) is 16.8 Å². The molecule has 41 heavy (non-hydrogen) atoms. The molecule has 10 nitrogen and oxygen atoms in total. The summed E-state index contributed by atoms with van der Waals surface area (Å²) in [6, 6.07) is 9.51. The number of rotatable bonds is 9. The summed E-state index contributed by atoms with van der Waals surface area (Å²) in [6.07, 6.45) is 0.274. The third-order valence-electron chi connectivity index (χ3n) is 6.86. The Balaban J connectivity index is 1.34. The molecule has 1 fully saturated rings. The van der Waals surface area contributed by atoms with Crippen LogP contribution in [-0.4, -0.2) is 77.8 Å². The highest BCUT2D eigenvalue weighted by atomic mass is 19.3. The maximum Gasteiger partial charge on any atom is 0.420 e. The van der Waals surface area contributed by atoms with Crippen LogP contribution in [0.1, 0.15) is 18.2 Å². The Kier molecular flexibility index (Phi) is 8.43. The number of alkyl halides is 2. The van der Waals surface area contributed by atoms with Crippen molar-refractivity contribution in [1.82, 2.24) is 19.4 Å². The Labute approximate surface area is 233 Å². The van der Waals surface area contributed by atoms with Gasteiger partial charge in [-0.2, -0.15) is 5.10 Å². The van der Waals surface area contributed by atoms with Gasteiger partial charge in [-0.05, 0) is 36.9 Å². The first kappa shape index (κ1) is 28.0. The van der Waals surface area contributed by atoms with Crippen molar-refractivity contribution in [3.63, 3.8) is 0 Å². The molecule has 1 saturated heterocycles. The van der Waals surface area contributed by atoms with Crippen LogP contribution in [-0.2, 0) is 11.3 Å². The molecule has 0 bridgehead atoms. The van der Waals surface area contributed by atoms with Crippen LogP contribution in [0, 0.1) is 5.82 Å². The molecule has 4 heterocycles. The van der Waals surface area contributed by atoms with Crippen molar-refractivity contribution in [3.05, 3.63) is 76.4 Å². The number of nitrogens with zero attached hydrogens (tertiary/aromatic N) is 7. The first-order valence-corrected chi connectivity index (χ1v) is 13.0. The van der Waals surface area contributed by atoms with Gasteiger partial charge in [0.15, 0.2) is 12.2 Å². The van der Waals surface area contributed by atoms with Gasteiger partial charge in [-0.25, -0.2) is 22.9 Å². The highest BCUT2D eigenvalue weighted by Gasteiger charge is 2.19. The fraction of sp³-hybridized carbons (Fsp3) is 0.321. The second-order valence-electron chi connectivity index (χ2n) is 9.37. The van der Waals surface area contributed by atoms with Crippen molar-refractivity contribution < 1.29 is 22.3 Å². The molecule has 3 aromatic heterocycles. The Hall–Kier alpha value is -4.52. The van der Waals surface area contributed by atoms with Gasteiger partial charge in [0.1, 0.15) is 11.6 Å². The molecule has 214 valence electrons. The van der Waals surface area contributed by atoms with Gasteiger partial charge in [-0.1, -0.05) is 6.92 Å². The zero-order chi connectivity index (χ0) is 28.9. The first-order chi connectivity index (χ1) is 19.9. The third-order valence-corrected chi connectivity index (χ3v) is 6.86. The minimum atomic E-state index is -2.69. The number of halogens is 3. The minimum absolute atomic E-state index is 0.0173. The first-order valence-electron chi connectivity index (χ1n) is 13.0. The lowest BCUT2D eigenvalue weighted by Crippen LogP contribution is -2.46. The third kappa shape index (κ3) is 6.30. The second-order valence-corrected chi connectivity index (χ2v) is 9.37. The van der Waals surface area contributed by atoms with Crippen LogP contribution in [0.3, 0.4) is 0 Å².